The highest BCUT2D eigenvalue weighted by atomic mass is 19.3. The van der Waals surface area contributed by atoms with Crippen molar-refractivity contribution in [2.45, 2.75) is 24.3 Å². The maximum atomic E-state index is 13.7. The zero-order valence-corrected chi connectivity index (χ0v) is 18.9. The summed E-state index contributed by atoms with van der Waals surface area (Å²) in [5, 5.41) is 23.4. The van der Waals surface area contributed by atoms with Gasteiger partial charge in [-0.15, -0.1) is 0 Å². The van der Waals surface area contributed by atoms with E-state index in [0.717, 1.165) is 12.1 Å². The summed E-state index contributed by atoms with van der Waals surface area (Å²) in [6.45, 7) is 0. The van der Waals surface area contributed by atoms with Gasteiger partial charge in [0.25, 0.3) is 23.5 Å². The molecule has 3 N–H and O–H groups in total. The molecule has 0 radical (unpaired) electrons. The summed E-state index contributed by atoms with van der Waals surface area (Å²) in [6.07, 6.45) is 0.818. The molecular formula is C22H18F3N7O4. The van der Waals surface area contributed by atoms with E-state index in [1.807, 2.05) is 0 Å². The molecule has 2 heterocycles. The molecule has 0 aliphatic heterocycles. The molecule has 36 heavy (non-hydrogen) atoms. The van der Waals surface area contributed by atoms with Gasteiger partial charge >= 0.3 is 0 Å². The van der Waals surface area contributed by atoms with Crippen molar-refractivity contribution in [3.63, 3.8) is 0 Å². The SMILES string of the molecule is COc1c(C(=O)C(=O)NC2(c3cn[nH]n3)CC(F)(F)C2)cn(C)c1C(=O)Nc1ccc(F)c(C#N)c1. The zero-order chi connectivity index (χ0) is 26.3. The second-order valence-corrected chi connectivity index (χ2v) is 8.23. The van der Waals surface area contributed by atoms with E-state index in [9.17, 15) is 27.6 Å². The standard InChI is InChI=1S/C22H18F3N7O4/c1-32-8-13(17(33)20(35)29-21(9-22(24,25)10-21)15-7-27-31-30-15)18(36-2)16(32)19(34)28-12-3-4-14(23)11(5-12)6-26/h3-5,7-8H,9-10H2,1-2H3,(H,28,34)(H,29,35)(H,27,30,31). The van der Waals surface area contributed by atoms with Crippen LogP contribution in [0.3, 0.4) is 0 Å². The van der Waals surface area contributed by atoms with Crippen molar-refractivity contribution in [2.75, 3.05) is 12.4 Å². The Hall–Kier alpha value is -4.67. The van der Waals surface area contributed by atoms with Crippen molar-refractivity contribution < 1.29 is 32.3 Å². The van der Waals surface area contributed by atoms with Crippen LogP contribution in [0.15, 0.2) is 30.6 Å². The first-order valence-electron chi connectivity index (χ1n) is 10.4. The molecule has 1 aliphatic rings. The number of nitrogens with one attached hydrogen (secondary N) is 3. The Kier molecular flexibility index (Phi) is 6.00. The molecule has 0 spiro atoms. The molecule has 2 amide bonds. The number of Topliss-reactive ketones (excluding diaryl/α,β-unsaturated/α-hetero) is 1. The Morgan fingerprint density at radius 1 is 1.28 bits per heavy atom. The van der Waals surface area contributed by atoms with Gasteiger partial charge in [-0.25, -0.2) is 13.2 Å². The number of alkyl halides is 2. The summed E-state index contributed by atoms with van der Waals surface area (Å²) in [7, 11) is 2.59. The smallest absolute Gasteiger partial charge is 0.293 e. The van der Waals surface area contributed by atoms with E-state index in [0.29, 0.717) is 0 Å². The number of carbonyl (C=O) groups is 3. The number of aromatic nitrogens is 4. The van der Waals surface area contributed by atoms with Crippen molar-refractivity contribution in [3.05, 3.63) is 58.9 Å². The van der Waals surface area contributed by atoms with E-state index in [1.54, 1.807) is 6.07 Å². The lowest BCUT2D eigenvalue weighted by Gasteiger charge is -2.46. The number of methoxy groups -OCH3 is 1. The average molecular weight is 501 g/mol. The van der Waals surface area contributed by atoms with Gasteiger partial charge in [0.1, 0.15) is 17.6 Å². The number of nitrogens with zero attached hydrogens (tertiary/aromatic N) is 4. The van der Waals surface area contributed by atoms with Crippen LogP contribution in [0.4, 0.5) is 18.9 Å². The average Bonchev–Trinajstić information content (AvgIpc) is 3.46. The number of H-pyrrole nitrogens is 1. The van der Waals surface area contributed by atoms with Gasteiger partial charge in [-0.05, 0) is 18.2 Å². The minimum Gasteiger partial charge on any atom is -0.494 e. The number of rotatable bonds is 7. The Bertz CT molecular complexity index is 1400. The highest BCUT2D eigenvalue weighted by Gasteiger charge is 2.60. The normalized spacial score (nSPS) is 15.3. The van der Waals surface area contributed by atoms with E-state index in [2.05, 4.69) is 26.0 Å². The number of hydrogen-bond donors (Lipinski definition) is 3. The van der Waals surface area contributed by atoms with Crippen molar-refractivity contribution in [2.24, 2.45) is 7.05 Å². The van der Waals surface area contributed by atoms with Crippen LogP contribution in [-0.4, -0.2) is 50.6 Å². The van der Waals surface area contributed by atoms with Crippen molar-refractivity contribution in [1.29, 1.82) is 5.26 Å². The molecular weight excluding hydrogens is 483 g/mol. The van der Waals surface area contributed by atoms with Crippen LogP contribution in [-0.2, 0) is 17.4 Å². The summed E-state index contributed by atoms with van der Waals surface area (Å²) >= 11 is 0. The summed E-state index contributed by atoms with van der Waals surface area (Å²) in [4.78, 5) is 38.7. The molecule has 1 fully saturated rings. The minimum absolute atomic E-state index is 0.0469. The molecule has 4 rings (SSSR count). The third-order valence-electron chi connectivity index (χ3n) is 5.73. The molecule has 0 atom stereocenters. The summed E-state index contributed by atoms with van der Waals surface area (Å²) in [5.74, 6) is -7.18. The molecule has 1 aromatic carbocycles. The third-order valence-corrected chi connectivity index (χ3v) is 5.73. The lowest BCUT2D eigenvalue weighted by atomic mass is 9.71. The van der Waals surface area contributed by atoms with Crippen LogP contribution in [0.25, 0.3) is 0 Å². The molecule has 1 saturated carbocycles. The summed E-state index contributed by atoms with van der Waals surface area (Å²) in [5.41, 5.74) is -2.18. The van der Waals surface area contributed by atoms with Gasteiger partial charge in [0.05, 0.1) is 30.0 Å². The number of ketones is 1. The molecule has 2 aromatic heterocycles. The highest BCUT2D eigenvalue weighted by molar-refractivity contribution is 6.44. The molecule has 0 unspecified atom stereocenters. The summed E-state index contributed by atoms with van der Waals surface area (Å²) < 4.78 is 47.5. The highest BCUT2D eigenvalue weighted by Crippen LogP contribution is 2.51. The first kappa shape index (κ1) is 24.5. The number of aromatic amines is 1. The van der Waals surface area contributed by atoms with E-state index >= 15 is 0 Å². The number of anilines is 1. The predicted molar refractivity (Wildman–Crippen MR) is 116 cm³/mol. The second kappa shape index (κ2) is 8.84. The monoisotopic (exact) mass is 501 g/mol. The van der Waals surface area contributed by atoms with E-state index in [1.165, 1.54) is 37.2 Å². The van der Waals surface area contributed by atoms with Gasteiger partial charge in [0, 0.05) is 31.8 Å². The maximum Gasteiger partial charge on any atom is 0.293 e. The minimum atomic E-state index is -3.06. The lowest BCUT2D eigenvalue weighted by molar-refractivity contribution is -0.148. The van der Waals surface area contributed by atoms with Crippen LogP contribution in [0.1, 0.15) is 44.9 Å². The number of carbonyl (C=O) groups excluding carboxylic acids is 3. The van der Waals surface area contributed by atoms with Crippen LogP contribution in [0.2, 0.25) is 0 Å². The zero-order valence-electron chi connectivity index (χ0n) is 18.9. The number of hydrogen-bond acceptors (Lipinski definition) is 7. The topological polar surface area (TPSA) is 155 Å². The molecule has 1 aliphatic carbocycles. The lowest BCUT2D eigenvalue weighted by Crippen LogP contribution is -2.61. The molecule has 3 aromatic rings. The molecule has 186 valence electrons. The van der Waals surface area contributed by atoms with Crippen LogP contribution >= 0.6 is 0 Å². The molecule has 0 bridgehead atoms. The quantitative estimate of drug-likeness (QED) is 0.331. The Labute approximate surface area is 201 Å². The van der Waals surface area contributed by atoms with Gasteiger partial charge in [-0.3, -0.25) is 14.4 Å². The Balaban J connectivity index is 1.59. The maximum absolute atomic E-state index is 13.7. The van der Waals surface area contributed by atoms with Crippen molar-refractivity contribution in [1.82, 2.24) is 25.3 Å². The number of ether oxygens (including phenoxy) is 1. The van der Waals surface area contributed by atoms with E-state index < -0.39 is 47.7 Å². The largest absolute Gasteiger partial charge is 0.494 e. The number of benzene rings is 1. The summed E-state index contributed by atoms with van der Waals surface area (Å²) in [6, 6.07) is 5.02. The van der Waals surface area contributed by atoms with Gasteiger partial charge in [0.2, 0.25) is 0 Å². The van der Waals surface area contributed by atoms with Gasteiger partial charge in [-0.2, -0.15) is 20.7 Å². The number of halogens is 3. The number of amides is 2. The van der Waals surface area contributed by atoms with Crippen LogP contribution < -0.4 is 15.4 Å². The van der Waals surface area contributed by atoms with Gasteiger partial charge in [-0.1, -0.05) is 0 Å². The first-order valence-corrected chi connectivity index (χ1v) is 10.4. The predicted octanol–water partition coefficient (Wildman–Crippen LogP) is 2.04. The number of aryl methyl sites for hydroxylation is 1. The fraction of sp³-hybridized carbons (Fsp3) is 0.273. The Morgan fingerprint density at radius 3 is 2.58 bits per heavy atom. The molecule has 11 nitrogen and oxygen atoms in total. The van der Waals surface area contributed by atoms with E-state index in [4.69, 9.17) is 10.00 Å². The first-order chi connectivity index (χ1) is 17.0. The van der Waals surface area contributed by atoms with E-state index in [-0.39, 0.29) is 34.0 Å². The fourth-order valence-corrected chi connectivity index (χ4v) is 4.11. The van der Waals surface area contributed by atoms with Crippen molar-refractivity contribution in [3.8, 4) is 11.8 Å². The third kappa shape index (κ3) is 4.26. The van der Waals surface area contributed by atoms with Crippen LogP contribution in [0, 0.1) is 17.1 Å². The van der Waals surface area contributed by atoms with Crippen LogP contribution in [0.5, 0.6) is 5.75 Å². The Morgan fingerprint density at radius 2 is 2.00 bits per heavy atom. The fourth-order valence-electron chi connectivity index (χ4n) is 4.11. The number of nitriles is 1. The molecule has 0 saturated heterocycles. The van der Waals surface area contributed by atoms with Crippen molar-refractivity contribution >= 4 is 23.3 Å². The second-order valence-electron chi connectivity index (χ2n) is 8.23. The van der Waals surface area contributed by atoms with Gasteiger partial charge in [0.15, 0.2) is 11.4 Å². The molecule has 14 heteroatoms. The van der Waals surface area contributed by atoms with Gasteiger partial charge < -0.3 is 19.9 Å².